The smallest absolute Gasteiger partial charge is 0.0991 e. The molecule has 0 amide bonds. The summed E-state index contributed by atoms with van der Waals surface area (Å²) in [7, 11) is 0. The maximum atomic E-state index is 6.07. The first-order chi connectivity index (χ1) is 6.09. The van der Waals surface area contributed by atoms with Crippen molar-refractivity contribution in [2.24, 2.45) is 17.6 Å². The molecule has 3 atom stereocenters. The lowest BCUT2D eigenvalue weighted by atomic mass is 10.1. The molecule has 2 rings (SSSR count). The van der Waals surface area contributed by atoms with E-state index in [-0.39, 0.29) is 6.04 Å². The third kappa shape index (κ3) is 1.86. The molecule has 72 valence electrons. The van der Waals surface area contributed by atoms with Crippen LogP contribution in [-0.4, -0.2) is 0 Å². The van der Waals surface area contributed by atoms with Gasteiger partial charge in [0.2, 0.25) is 0 Å². The summed E-state index contributed by atoms with van der Waals surface area (Å²) in [6.45, 7) is 2.21. The molecule has 1 aromatic rings. The quantitative estimate of drug-likeness (QED) is 0.832. The van der Waals surface area contributed by atoms with Crippen molar-refractivity contribution in [2.75, 3.05) is 0 Å². The van der Waals surface area contributed by atoms with Crippen LogP contribution in [0, 0.1) is 11.8 Å². The highest BCUT2D eigenvalue weighted by Gasteiger charge is 2.39. The van der Waals surface area contributed by atoms with E-state index in [1.54, 1.807) is 0 Å². The summed E-state index contributed by atoms with van der Waals surface area (Å²) in [5.41, 5.74) is 7.09. The van der Waals surface area contributed by atoms with Gasteiger partial charge in [0, 0.05) is 11.6 Å². The largest absolute Gasteiger partial charge is 0.324 e. The van der Waals surface area contributed by atoms with Crippen LogP contribution in [0.2, 0.25) is 8.67 Å². The van der Waals surface area contributed by atoms with Crippen molar-refractivity contribution in [1.82, 2.24) is 0 Å². The van der Waals surface area contributed by atoms with E-state index in [9.17, 15) is 0 Å². The summed E-state index contributed by atoms with van der Waals surface area (Å²) >= 11 is 13.3. The fourth-order valence-corrected chi connectivity index (χ4v) is 3.23. The standard InChI is InChI=1S/C9H11Cl2NS/c1-4-2-5(4)8(12)6-3-7(10)13-9(6)11/h3-5,8H,2,12H2,1H3. The maximum Gasteiger partial charge on any atom is 0.0991 e. The predicted molar refractivity (Wildman–Crippen MR) is 58.5 cm³/mol. The van der Waals surface area contributed by atoms with Crippen LogP contribution in [0.5, 0.6) is 0 Å². The predicted octanol–water partition coefficient (Wildman–Crippen LogP) is 3.71. The topological polar surface area (TPSA) is 26.0 Å². The second-order valence-corrected chi connectivity index (χ2v) is 5.97. The van der Waals surface area contributed by atoms with Gasteiger partial charge >= 0.3 is 0 Å². The number of hydrogen-bond donors (Lipinski definition) is 1. The third-order valence-corrected chi connectivity index (χ3v) is 4.19. The van der Waals surface area contributed by atoms with Gasteiger partial charge in [0.1, 0.15) is 0 Å². The lowest BCUT2D eigenvalue weighted by molar-refractivity contribution is 0.595. The summed E-state index contributed by atoms with van der Waals surface area (Å²) in [5, 5.41) is 0. The Kier molecular flexibility index (Phi) is 2.58. The number of rotatable bonds is 2. The lowest BCUT2D eigenvalue weighted by Crippen LogP contribution is -2.12. The van der Waals surface area contributed by atoms with Gasteiger partial charge in [0.25, 0.3) is 0 Å². The molecule has 4 heteroatoms. The van der Waals surface area contributed by atoms with Gasteiger partial charge in [-0.1, -0.05) is 30.1 Å². The van der Waals surface area contributed by atoms with E-state index < -0.39 is 0 Å². The minimum absolute atomic E-state index is 0.0752. The van der Waals surface area contributed by atoms with Crippen molar-refractivity contribution in [3.63, 3.8) is 0 Å². The molecule has 1 aliphatic carbocycles. The van der Waals surface area contributed by atoms with Crippen LogP contribution >= 0.6 is 34.5 Å². The highest BCUT2D eigenvalue weighted by molar-refractivity contribution is 7.20. The molecule has 0 aromatic carbocycles. The fourth-order valence-electron chi connectivity index (χ4n) is 1.66. The molecule has 0 bridgehead atoms. The molecule has 1 fully saturated rings. The molecular weight excluding hydrogens is 225 g/mol. The van der Waals surface area contributed by atoms with Crippen molar-refractivity contribution < 1.29 is 0 Å². The molecular formula is C9H11Cl2NS. The van der Waals surface area contributed by atoms with Gasteiger partial charge in [-0.25, -0.2) is 0 Å². The van der Waals surface area contributed by atoms with E-state index in [4.69, 9.17) is 28.9 Å². The normalized spacial score (nSPS) is 28.9. The van der Waals surface area contributed by atoms with Crippen LogP contribution in [-0.2, 0) is 0 Å². The van der Waals surface area contributed by atoms with Crippen LogP contribution in [0.4, 0.5) is 0 Å². The van der Waals surface area contributed by atoms with E-state index in [1.165, 1.54) is 17.8 Å². The van der Waals surface area contributed by atoms with Gasteiger partial charge in [0.15, 0.2) is 0 Å². The van der Waals surface area contributed by atoms with Gasteiger partial charge in [-0.2, -0.15) is 0 Å². The van der Waals surface area contributed by atoms with Gasteiger partial charge in [0.05, 0.1) is 8.67 Å². The Balaban J connectivity index is 2.19. The SMILES string of the molecule is CC1CC1C(N)c1cc(Cl)sc1Cl. The zero-order chi connectivity index (χ0) is 9.59. The Morgan fingerprint density at radius 1 is 1.62 bits per heavy atom. The van der Waals surface area contributed by atoms with Gasteiger partial charge in [-0.3, -0.25) is 0 Å². The summed E-state index contributed by atoms with van der Waals surface area (Å²) in [6.07, 6.45) is 1.21. The first kappa shape index (κ1) is 9.78. The Hall–Kier alpha value is 0.240. The second kappa shape index (κ2) is 3.43. The highest BCUT2D eigenvalue weighted by Crippen LogP contribution is 2.48. The van der Waals surface area contributed by atoms with E-state index in [0.717, 1.165) is 20.2 Å². The molecule has 13 heavy (non-hydrogen) atoms. The molecule has 0 radical (unpaired) electrons. The summed E-state index contributed by atoms with van der Waals surface area (Å²) in [6, 6.07) is 1.97. The van der Waals surface area contributed by atoms with E-state index in [2.05, 4.69) is 6.92 Å². The Morgan fingerprint density at radius 2 is 2.23 bits per heavy atom. The summed E-state index contributed by atoms with van der Waals surface area (Å²) in [4.78, 5) is 0. The second-order valence-electron chi connectivity index (χ2n) is 3.68. The van der Waals surface area contributed by atoms with Crippen LogP contribution in [0.3, 0.4) is 0 Å². The molecule has 0 spiro atoms. The average Bonchev–Trinajstić information content (AvgIpc) is 2.67. The van der Waals surface area contributed by atoms with Gasteiger partial charge in [-0.15, -0.1) is 11.3 Å². The van der Waals surface area contributed by atoms with Crippen LogP contribution in [0.15, 0.2) is 6.07 Å². The van der Waals surface area contributed by atoms with Crippen molar-refractivity contribution in [2.45, 2.75) is 19.4 Å². The number of hydrogen-bond acceptors (Lipinski definition) is 2. The first-order valence-corrected chi connectivity index (χ1v) is 5.87. The van der Waals surface area contributed by atoms with E-state index in [1.807, 2.05) is 6.07 Å². The molecule has 0 saturated heterocycles. The molecule has 2 N–H and O–H groups in total. The van der Waals surface area contributed by atoms with Crippen LogP contribution < -0.4 is 5.73 Å². The molecule has 1 heterocycles. The summed E-state index contributed by atoms with van der Waals surface area (Å²) in [5.74, 6) is 1.34. The number of halogens is 2. The van der Waals surface area contributed by atoms with Crippen molar-refractivity contribution in [3.8, 4) is 0 Å². The molecule has 1 aliphatic rings. The minimum Gasteiger partial charge on any atom is -0.324 e. The Bertz CT molecular complexity index is 323. The third-order valence-electron chi connectivity index (χ3n) is 2.68. The van der Waals surface area contributed by atoms with Crippen molar-refractivity contribution in [1.29, 1.82) is 0 Å². The van der Waals surface area contributed by atoms with Gasteiger partial charge in [-0.05, 0) is 24.3 Å². The fraction of sp³-hybridized carbons (Fsp3) is 0.556. The Labute approximate surface area is 91.8 Å². The Morgan fingerprint density at radius 3 is 2.62 bits per heavy atom. The summed E-state index contributed by atoms with van der Waals surface area (Å²) < 4.78 is 1.47. The number of nitrogens with two attached hydrogens (primary N) is 1. The maximum absolute atomic E-state index is 6.07. The zero-order valence-corrected chi connectivity index (χ0v) is 9.59. The average molecular weight is 236 g/mol. The number of thiophene rings is 1. The van der Waals surface area contributed by atoms with Crippen LogP contribution in [0.1, 0.15) is 24.9 Å². The molecule has 1 aromatic heterocycles. The monoisotopic (exact) mass is 235 g/mol. The molecule has 0 aliphatic heterocycles. The highest BCUT2D eigenvalue weighted by atomic mass is 35.5. The van der Waals surface area contributed by atoms with E-state index >= 15 is 0 Å². The lowest BCUT2D eigenvalue weighted by Gasteiger charge is -2.08. The molecule has 1 nitrogen and oxygen atoms in total. The minimum atomic E-state index is 0.0752. The van der Waals surface area contributed by atoms with Crippen molar-refractivity contribution >= 4 is 34.5 Å². The molecule has 3 unspecified atom stereocenters. The van der Waals surface area contributed by atoms with Crippen LogP contribution in [0.25, 0.3) is 0 Å². The molecule has 1 saturated carbocycles. The van der Waals surface area contributed by atoms with Crippen molar-refractivity contribution in [3.05, 3.63) is 20.3 Å². The zero-order valence-electron chi connectivity index (χ0n) is 7.26. The van der Waals surface area contributed by atoms with Gasteiger partial charge < -0.3 is 5.73 Å². The van der Waals surface area contributed by atoms with E-state index in [0.29, 0.717) is 5.92 Å². The first-order valence-electron chi connectivity index (χ1n) is 4.30.